The third-order valence-corrected chi connectivity index (χ3v) is 6.54. The average molecular weight is 565 g/mol. The molecule has 11 nitrogen and oxygen atoms in total. The summed E-state index contributed by atoms with van der Waals surface area (Å²) in [6.07, 6.45) is 4.86. The number of amides is 1. The van der Waals surface area contributed by atoms with Crippen molar-refractivity contribution in [2.75, 3.05) is 23.8 Å². The molecule has 0 spiro atoms. The first-order chi connectivity index (χ1) is 18.7. The number of aryl methyl sites for hydroxylation is 1. The van der Waals surface area contributed by atoms with Crippen molar-refractivity contribution in [2.24, 2.45) is 5.73 Å². The van der Waals surface area contributed by atoms with Gasteiger partial charge in [0, 0.05) is 47.2 Å². The van der Waals surface area contributed by atoms with Gasteiger partial charge >= 0.3 is 0 Å². The maximum Gasteiger partial charge on any atom is 0.277 e. The molecule has 4 heterocycles. The fraction of sp³-hybridized carbons (Fsp3) is 0.154. The molecule has 0 saturated heterocycles. The first-order valence-electron chi connectivity index (χ1n) is 11.7. The first kappa shape index (κ1) is 26.3. The third-order valence-electron chi connectivity index (χ3n) is 5.94. The van der Waals surface area contributed by atoms with E-state index in [9.17, 15) is 4.79 Å². The molecule has 1 aliphatic heterocycles. The van der Waals surface area contributed by atoms with E-state index in [2.05, 4.69) is 19.9 Å². The second kappa shape index (κ2) is 10.8. The van der Waals surface area contributed by atoms with E-state index in [1.165, 1.54) is 29.7 Å². The summed E-state index contributed by atoms with van der Waals surface area (Å²) in [5.74, 6) is 0.770. The number of nitrogens with two attached hydrogens (primary N) is 2. The predicted octanol–water partition coefficient (Wildman–Crippen LogP) is 3.96. The van der Waals surface area contributed by atoms with Gasteiger partial charge in [-0.3, -0.25) is 25.8 Å². The minimum atomic E-state index is -0.994. The molecule has 1 atom stereocenters. The number of pyridine rings is 2. The quantitative estimate of drug-likeness (QED) is 0.178. The normalized spacial score (nSPS) is 13.3. The summed E-state index contributed by atoms with van der Waals surface area (Å²) >= 11 is 12.4. The van der Waals surface area contributed by atoms with Gasteiger partial charge in [-0.05, 0) is 37.3 Å². The highest BCUT2D eigenvalue weighted by molar-refractivity contribution is 6.35. The largest absolute Gasteiger partial charge is 0.474 e. The van der Waals surface area contributed by atoms with Crippen LogP contribution in [0.5, 0.6) is 11.6 Å². The fourth-order valence-electron chi connectivity index (χ4n) is 4.04. The molecule has 3 aromatic heterocycles. The topological polar surface area (TPSA) is 166 Å². The van der Waals surface area contributed by atoms with Crippen molar-refractivity contribution >= 4 is 46.2 Å². The molecule has 13 heteroatoms. The highest BCUT2D eigenvalue weighted by Gasteiger charge is 2.28. The van der Waals surface area contributed by atoms with E-state index in [4.69, 9.17) is 49.6 Å². The molecule has 5 N–H and O–H groups in total. The van der Waals surface area contributed by atoms with E-state index in [0.717, 1.165) is 0 Å². The first-order valence-corrected chi connectivity index (χ1v) is 12.4. The lowest BCUT2D eigenvalue weighted by Gasteiger charge is -2.29. The Kier molecular flexibility index (Phi) is 7.29. The number of hydrogen-bond acceptors (Lipinski definition) is 10. The summed E-state index contributed by atoms with van der Waals surface area (Å²) < 4.78 is 11.5. The smallest absolute Gasteiger partial charge is 0.277 e. The Morgan fingerprint density at radius 1 is 1.15 bits per heavy atom. The number of anilines is 2. The van der Waals surface area contributed by atoms with Crippen LogP contribution in [0.25, 0.3) is 0 Å². The maximum absolute atomic E-state index is 13.3. The van der Waals surface area contributed by atoms with Crippen molar-refractivity contribution in [3.05, 3.63) is 93.4 Å². The Morgan fingerprint density at radius 2 is 1.92 bits per heavy atom. The molecule has 198 valence electrons. The van der Waals surface area contributed by atoms with E-state index >= 15 is 0 Å². The van der Waals surface area contributed by atoms with Gasteiger partial charge in [-0.25, -0.2) is 15.0 Å². The summed E-state index contributed by atoms with van der Waals surface area (Å²) in [7, 11) is 0. The predicted molar refractivity (Wildman–Crippen MR) is 147 cm³/mol. The average Bonchev–Trinajstić information content (AvgIpc) is 2.92. The molecule has 39 heavy (non-hydrogen) atoms. The van der Waals surface area contributed by atoms with Gasteiger partial charge in [0.1, 0.15) is 29.6 Å². The van der Waals surface area contributed by atoms with Crippen molar-refractivity contribution in [3.8, 4) is 11.6 Å². The number of nitrogens with zero attached hydrogens (tertiary/aromatic N) is 5. The van der Waals surface area contributed by atoms with Crippen LogP contribution in [0, 0.1) is 12.3 Å². The summed E-state index contributed by atoms with van der Waals surface area (Å²) in [4.78, 5) is 31.3. The standard InChI is InChI=1S/C26H22Cl2N8O3/c1-13-33-5-4-20(35-13)26(37)36-6-7-38-25-21(36)8-14(10-34-25)23(30)16-9-15(2-3-19(16)29)39-24(31)22-17(27)11-32-12-18(22)28/h2-5,8-12,24,30H,6-7,29,31H2,1H3/t24-/m0/s1. The fourth-order valence-corrected chi connectivity index (χ4v) is 4.62. The molecule has 0 saturated carbocycles. The minimum Gasteiger partial charge on any atom is -0.474 e. The number of nitrogen functional groups attached to an aromatic ring is 1. The number of nitrogens with one attached hydrogen (secondary N) is 1. The van der Waals surface area contributed by atoms with E-state index in [1.807, 2.05) is 0 Å². The van der Waals surface area contributed by atoms with Crippen LogP contribution in [0.4, 0.5) is 11.4 Å². The van der Waals surface area contributed by atoms with Gasteiger partial charge in [0.2, 0.25) is 5.88 Å². The Labute approximate surface area is 233 Å². The van der Waals surface area contributed by atoms with Crippen molar-refractivity contribution in [3.63, 3.8) is 0 Å². The van der Waals surface area contributed by atoms with Crippen LogP contribution in [-0.2, 0) is 0 Å². The number of ether oxygens (including phenoxy) is 2. The number of carbonyl (C=O) groups is 1. The number of benzene rings is 1. The lowest BCUT2D eigenvalue weighted by atomic mass is 10.0. The van der Waals surface area contributed by atoms with Crippen molar-refractivity contribution in [1.29, 1.82) is 5.41 Å². The summed E-state index contributed by atoms with van der Waals surface area (Å²) in [6.45, 7) is 2.27. The molecule has 1 amide bonds. The van der Waals surface area contributed by atoms with Crippen molar-refractivity contribution in [2.45, 2.75) is 13.2 Å². The van der Waals surface area contributed by atoms with Gasteiger partial charge in [0.25, 0.3) is 5.91 Å². The highest BCUT2D eigenvalue weighted by Crippen LogP contribution is 2.34. The molecule has 1 aliphatic rings. The molecule has 0 unspecified atom stereocenters. The van der Waals surface area contributed by atoms with Crippen LogP contribution in [0.1, 0.15) is 39.2 Å². The Morgan fingerprint density at radius 3 is 2.67 bits per heavy atom. The zero-order valence-electron chi connectivity index (χ0n) is 20.6. The number of rotatable bonds is 6. The summed E-state index contributed by atoms with van der Waals surface area (Å²) in [5, 5.41) is 9.41. The minimum absolute atomic E-state index is 0.0534. The van der Waals surface area contributed by atoms with E-state index in [0.29, 0.717) is 39.6 Å². The molecule has 0 bridgehead atoms. The number of fused-ring (bicyclic) bond motifs is 1. The van der Waals surface area contributed by atoms with Gasteiger partial charge < -0.3 is 15.2 Å². The SMILES string of the molecule is Cc1nccc(C(=O)N2CCOc3ncc(C(=N)c4cc(O[C@H](N)c5c(Cl)cncc5Cl)ccc4N)cc32)n1. The van der Waals surface area contributed by atoms with Gasteiger partial charge in [-0.15, -0.1) is 0 Å². The summed E-state index contributed by atoms with van der Waals surface area (Å²) in [5.41, 5.74) is 14.6. The lowest BCUT2D eigenvalue weighted by molar-refractivity contribution is 0.0970. The monoisotopic (exact) mass is 564 g/mol. The van der Waals surface area contributed by atoms with Crippen molar-refractivity contribution < 1.29 is 14.3 Å². The Balaban J connectivity index is 1.44. The number of hydrogen-bond donors (Lipinski definition) is 3. The Hall–Kier alpha value is -4.32. The molecular formula is C26H22Cl2N8O3. The maximum atomic E-state index is 13.3. The van der Waals surface area contributed by atoms with Crippen LogP contribution in [0.15, 0.2) is 55.1 Å². The summed E-state index contributed by atoms with van der Waals surface area (Å²) in [6, 6.07) is 8.02. The Bertz CT molecular complexity index is 1580. The van der Waals surface area contributed by atoms with Gasteiger partial charge in [0.15, 0.2) is 6.23 Å². The van der Waals surface area contributed by atoms with Crippen LogP contribution in [0.2, 0.25) is 10.0 Å². The molecular weight excluding hydrogens is 543 g/mol. The molecule has 0 fully saturated rings. The molecule has 0 aliphatic carbocycles. The number of carbonyl (C=O) groups excluding carboxylic acids is 1. The van der Waals surface area contributed by atoms with Gasteiger partial charge in [-0.2, -0.15) is 0 Å². The zero-order valence-corrected chi connectivity index (χ0v) is 22.1. The molecule has 0 radical (unpaired) electrons. The molecule has 4 aromatic rings. The van der Waals surface area contributed by atoms with E-state index in [-0.39, 0.29) is 46.4 Å². The van der Waals surface area contributed by atoms with Crippen LogP contribution >= 0.6 is 23.2 Å². The second-order valence-electron chi connectivity index (χ2n) is 8.52. The number of aromatic nitrogens is 4. The second-order valence-corrected chi connectivity index (χ2v) is 9.34. The lowest BCUT2D eigenvalue weighted by Crippen LogP contribution is -2.39. The number of halogens is 2. The molecule has 1 aromatic carbocycles. The zero-order chi connectivity index (χ0) is 27.7. The van der Waals surface area contributed by atoms with Crippen LogP contribution in [0.3, 0.4) is 0 Å². The highest BCUT2D eigenvalue weighted by atomic mass is 35.5. The van der Waals surface area contributed by atoms with Crippen molar-refractivity contribution in [1.82, 2.24) is 19.9 Å². The van der Waals surface area contributed by atoms with Gasteiger partial charge in [0.05, 0.1) is 22.3 Å². The molecule has 5 rings (SSSR count). The van der Waals surface area contributed by atoms with Crippen LogP contribution < -0.4 is 25.8 Å². The van der Waals surface area contributed by atoms with Crippen LogP contribution in [-0.4, -0.2) is 44.7 Å². The third kappa shape index (κ3) is 5.32. The van der Waals surface area contributed by atoms with E-state index in [1.54, 1.807) is 37.3 Å². The van der Waals surface area contributed by atoms with Gasteiger partial charge in [-0.1, -0.05) is 23.2 Å². The van der Waals surface area contributed by atoms with E-state index < -0.39 is 6.23 Å².